The molecule has 4 nitrogen and oxygen atoms in total. The Balaban J connectivity index is 2.00. The van der Waals surface area contributed by atoms with Crippen molar-refractivity contribution in [3.8, 4) is 5.75 Å². The van der Waals surface area contributed by atoms with Crippen molar-refractivity contribution in [2.45, 2.75) is 33.7 Å². The lowest BCUT2D eigenvalue weighted by atomic mass is 10.1. The van der Waals surface area contributed by atoms with Gasteiger partial charge < -0.3 is 14.6 Å². The van der Waals surface area contributed by atoms with Gasteiger partial charge in [-0.05, 0) is 56.2 Å². The van der Waals surface area contributed by atoms with Gasteiger partial charge in [0.1, 0.15) is 11.4 Å². The van der Waals surface area contributed by atoms with E-state index in [0.717, 1.165) is 22.9 Å². The van der Waals surface area contributed by atoms with Crippen molar-refractivity contribution in [3.05, 3.63) is 58.7 Å². The number of benzene rings is 2. The molecule has 0 fully saturated rings. The molecule has 1 amide bonds. The highest BCUT2D eigenvalue weighted by Gasteiger charge is 2.20. The van der Waals surface area contributed by atoms with Gasteiger partial charge in [0, 0.05) is 22.5 Å². The highest BCUT2D eigenvalue weighted by atomic mass is 35.5. The normalized spacial score (nSPS) is 10.9. The Hall–Kier alpha value is -2.46. The maximum absolute atomic E-state index is 13.1. The summed E-state index contributed by atoms with van der Waals surface area (Å²) in [5, 5.41) is 4.67. The number of halogens is 1. The van der Waals surface area contributed by atoms with Crippen molar-refractivity contribution >= 4 is 34.1 Å². The van der Waals surface area contributed by atoms with E-state index in [2.05, 4.69) is 12.2 Å². The number of hydrogen-bond acceptors (Lipinski definition) is 2. The fourth-order valence-corrected chi connectivity index (χ4v) is 3.38. The molecule has 5 heteroatoms. The molecule has 0 bridgehead atoms. The molecule has 2 aromatic carbocycles. The third-order valence-corrected chi connectivity index (χ3v) is 4.64. The summed E-state index contributed by atoms with van der Waals surface area (Å²) in [4.78, 5) is 13.1. The maximum atomic E-state index is 13.1. The van der Waals surface area contributed by atoms with Gasteiger partial charge in [0.25, 0.3) is 5.91 Å². The zero-order valence-corrected chi connectivity index (χ0v) is 16.1. The van der Waals surface area contributed by atoms with E-state index in [1.54, 1.807) is 0 Å². The average Bonchev–Trinajstić information content (AvgIpc) is 2.92. The number of ether oxygens (including phenoxy) is 1. The average molecular weight is 371 g/mol. The van der Waals surface area contributed by atoms with Crippen LogP contribution in [0.1, 0.15) is 36.3 Å². The largest absolute Gasteiger partial charge is 0.491 e. The SMILES string of the molecule is CCCOc1ccccc1NC(=O)c1c(C)c2cc(Cl)ccc2n1CC. The van der Waals surface area contributed by atoms with Gasteiger partial charge in [0.15, 0.2) is 0 Å². The summed E-state index contributed by atoms with van der Waals surface area (Å²) in [6.45, 7) is 7.35. The van der Waals surface area contributed by atoms with Crippen molar-refractivity contribution < 1.29 is 9.53 Å². The van der Waals surface area contributed by atoms with Gasteiger partial charge in [-0.3, -0.25) is 4.79 Å². The third kappa shape index (κ3) is 3.42. The summed E-state index contributed by atoms with van der Waals surface area (Å²) in [7, 11) is 0. The standard InChI is InChI=1S/C21H23ClN2O2/c1-4-12-26-19-9-7-6-8-17(19)23-21(25)20-14(3)16-13-15(22)10-11-18(16)24(20)5-2/h6-11,13H,4-5,12H2,1-3H3,(H,23,25). The molecule has 0 aliphatic rings. The number of aromatic nitrogens is 1. The third-order valence-electron chi connectivity index (χ3n) is 4.41. The second kappa shape index (κ2) is 7.83. The molecule has 0 saturated heterocycles. The number of anilines is 1. The molecular weight excluding hydrogens is 348 g/mol. The van der Waals surface area contributed by atoms with Gasteiger partial charge >= 0.3 is 0 Å². The van der Waals surface area contributed by atoms with Crippen LogP contribution >= 0.6 is 11.6 Å². The van der Waals surface area contributed by atoms with Crippen LogP contribution in [-0.2, 0) is 6.54 Å². The summed E-state index contributed by atoms with van der Waals surface area (Å²) in [5.74, 6) is 0.534. The van der Waals surface area contributed by atoms with E-state index in [0.29, 0.717) is 35.3 Å². The van der Waals surface area contributed by atoms with Crippen molar-refractivity contribution in [1.29, 1.82) is 0 Å². The number of hydrogen-bond donors (Lipinski definition) is 1. The fraction of sp³-hybridized carbons (Fsp3) is 0.286. The summed E-state index contributed by atoms with van der Waals surface area (Å²) >= 11 is 6.15. The number of nitrogens with zero attached hydrogens (tertiary/aromatic N) is 1. The van der Waals surface area contributed by atoms with Crippen LogP contribution in [0.3, 0.4) is 0 Å². The molecule has 1 aromatic heterocycles. The highest BCUT2D eigenvalue weighted by Crippen LogP contribution is 2.30. The van der Waals surface area contributed by atoms with Gasteiger partial charge in [-0.2, -0.15) is 0 Å². The van der Waals surface area contributed by atoms with E-state index in [4.69, 9.17) is 16.3 Å². The summed E-state index contributed by atoms with van der Waals surface area (Å²) in [5.41, 5.74) is 3.26. The first-order chi connectivity index (χ1) is 12.6. The van der Waals surface area contributed by atoms with Crippen LogP contribution < -0.4 is 10.1 Å². The van der Waals surface area contributed by atoms with Gasteiger partial charge in [0.05, 0.1) is 12.3 Å². The second-order valence-corrected chi connectivity index (χ2v) is 6.61. The van der Waals surface area contributed by atoms with Crippen molar-refractivity contribution in [3.63, 3.8) is 0 Å². The Morgan fingerprint density at radius 1 is 1.19 bits per heavy atom. The first kappa shape index (κ1) is 18.3. The van der Waals surface area contributed by atoms with E-state index in [1.807, 2.05) is 60.9 Å². The lowest BCUT2D eigenvalue weighted by molar-refractivity contribution is 0.101. The van der Waals surface area contributed by atoms with Crippen LogP contribution in [0.25, 0.3) is 10.9 Å². The minimum absolute atomic E-state index is 0.149. The number of carbonyl (C=O) groups excluding carboxylic acids is 1. The first-order valence-corrected chi connectivity index (χ1v) is 9.26. The molecule has 26 heavy (non-hydrogen) atoms. The second-order valence-electron chi connectivity index (χ2n) is 6.18. The summed E-state index contributed by atoms with van der Waals surface area (Å²) < 4.78 is 7.77. The van der Waals surface area contributed by atoms with Gasteiger partial charge in [-0.25, -0.2) is 0 Å². The van der Waals surface area contributed by atoms with E-state index < -0.39 is 0 Å². The van der Waals surface area contributed by atoms with Crippen LogP contribution in [-0.4, -0.2) is 17.1 Å². The van der Waals surface area contributed by atoms with E-state index in [9.17, 15) is 4.79 Å². The van der Waals surface area contributed by atoms with E-state index >= 15 is 0 Å². The molecule has 3 rings (SSSR count). The molecule has 0 aliphatic heterocycles. The van der Waals surface area contributed by atoms with Crippen LogP contribution in [0.4, 0.5) is 5.69 Å². The number of amides is 1. The molecule has 136 valence electrons. The number of nitrogens with one attached hydrogen (secondary N) is 1. The van der Waals surface area contributed by atoms with Crippen LogP contribution in [0.2, 0.25) is 5.02 Å². The lowest BCUT2D eigenvalue weighted by Crippen LogP contribution is -2.18. The van der Waals surface area contributed by atoms with Crippen LogP contribution in [0.5, 0.6) is 5.75 Å². The molecule has 0 saturated carbocycles. The Bertz CT molecular complexity index is 947. The Kier molecular flexibility index (Phi) is 5.52. The van der Waals surface area contributed by atoms with E-state index in [-0.39, 0.29) is 5.91 Å². The molecule has 0 atom stereocenters. The predicted octanol–water partition coefficient (Wildman–Crippen LogP) is 5.66. The van der Waals surface area contributed by atoms with Gasteiger partial charge in [0.2, 0.25) is 0 Å². The molecular formula is C21H23ClN2O2. The number of carbonyl (C=O) groups is 1. The van der Waals surface area contributed by atoms with E-state index in [1.165, 1.54) is 0 Å². The monoisotopic (exact) mass is 370 g/mol. The number of para-hydroxylation sites is 2. The minimum Gasteiger partial charge on any atom is -0.491 e. The fourth-order valence-electron chi connectivity index (χ4n) is 3.21. The van der Waals surface area contributed by atoms with Crippen LogP contribution in [0.15, 0.2) is 42.5 Å². The smallest absolute Gasteiger partial charge is 0.272 e. The van der Waals surface area contributed by atoms with Gasteiger partial charge in [-0.1, -0.05) is 30.7 Å². The molecule has 1 heterocycles. The number of rotatable bonds is 6. The minimum atomic E-state index is -0.149. The molecule has 0 radical (unpaired) electrons. The zero-order valence-electron chi connectivity index (χ0n) is 15.3. The Morgan fingerprint density at radius 2 is 1.96 bits per heavy atom. The number of fused-ring (bicyclic) bond motifs is 1. The Morgan fingerprint density at radius 3 is 2.69 bits per heavy atom. The van der Waals surface area contributed by atoms with Gasteiger partial charge in [-0.15, -0.1) is 0 Å². The lowest BCUT2D eigenvalue weighted by Gasteiger charge is -2.13. The van der Waals surface area contributed by atoms with Crippen LogP contribution in [0, 0.1) is 6.92 Å². The highest BCUT2D eigenvalue weighted by molar-refractivity contribution is 6.31. The topological polar surface area (TPSA) is 43.3 Å². The number of aryl methyl sites for hydroxylation is 2. The molecule has 0 spiro atoms. The maximum Gasteiger partial charge on any atom is 0.272 e. The molecule has 3 aromatic rings. The van der Waals surface area contributed by atoms with Crippen molar-refractivity contribution in [1.82, 2.24) is 4.57 Å². The predicted molar refractivity (Wildman–Crippen MR) is 108 cm³/mol. The van der Waals surface area contributed by atoms with Crippen molar-refractivity contribution in [2.75, 3.05) is 11.9 Å². The Labute approximate surface area is 158 Å². The summed E-state index contributed by atoms with van der Waals surface area (Å²) in [6, 6.07) is 13.2. The van der Waals surface area contributed by atoms with Crippen molar-refractivity contribution in [2.24, 2.45) is 0 Å². The quantitative estimate of drug-likeness (QED) is 0.608. The zero-order chi connectivity index (χ0) is 18.7. The summed E-state index contributed by atoms with van der Waals surface area (Å²) in [6.07, 6.45) is 0.909. The first-order valence-electron chi connectivity index (χ1n) is 8.88. The molecule has 1 N–H and O–H groups in total. The molecule has 0 unspecified atom stereocenters. The molecule has 0 aliphatic carbocycles.